The average molecular weight is 333 g/mol. The highest BCUT2D eigenvalue weighted by Crippen LogP contribution is 2.38. The zero-order chi connectivity index (χ0) is 16.5. The third-order valence-corrected chi connectivity index (χ3v) is 5.60. The number of rotatable bonds is 2. The summed E-state index contributed by atoms with van der Waals surface area (Å²) in [4.78, 5) is 16.6. The second-order valence-electron chi connectivity index (χ2n) is 6.23. The summed E-state index contributed by atoms with van der Waals surface area (Å²) in [5, 5.41) is 2.14. The fourth-order valence-corrected chi connectivity index (χ4v) is 4.38. The van der Waals surface area contributed by atoms with Crippen LogP contribution in [0.3, 0.4) is 0 Å². The number of benzene rings is 2. The minimum absolute atomic E-state index is 0.00853. The number of hydrogen-bond acceptors (Lipinski definition) is 2. The number of thiophene rings is 1. The molecule has 1 aromatic heterocycles. The highest BCUT2D eigenvalue weighted by molar-refractivity contribution is 7.10. The van der Waals surface area contributed by atoms with Crippen LogP contribution in [0.4, 0.5) is 0 Å². The van der Waals surface area contributed by atoms with E-state index in [0.29, 0.717) is 0 Å². The molecule has 0 saturated heterocycles. The topological polar surface area (TPSA) is 20.3 Å². The van der Waals surface area contributed by atoms with Crippen molar-refractivity contribution in [2.75, 3.05) is 6.54 Å². The van der Waals surface area contributed by atoms with Crippen molar-refractivity contribution in [3.8, 4) is 0 Å². The molecule has 120 valence electrons. The summed E-state index contributed by atoms with van der Waals surface area (Å²) in [6.07, 6.45) is 0.938. The first kappa shape index (κ1) is 15.2. The largest absolute Gasteiger partial charge is 0.327 e. The van der Waals surface area contributed by atoms with Crippen LogP contribution in [-0.4, -0.2) is 17.4 Å². The zero-order valence-corrected chi connectivity index (χ0v) is 14.4. The van der Waals surface area contributed by atoms with Crippen LogP contribution >= 0.6 is 11.3 Å². The molecule has 2 nitrogen and oxygen atoms in total. The number of hydrogen-bond donors (Lipinski definition) is 0. The van der Waals surface area contributed by atoms with Crippen molar-refractivity contribution >= 4 is 17.2 Å². The summed E-state index contributed by atoms with van der Waals surface area (Å²) in [5.74, 6) is 0.115. The summed E-state index contributed by atoms with van der Waals surface area (Å²) in [6, 6.07) is 20.4. The summed E-state index contributed by atoms with van der Waals surface area (Å²) in [5.41, 5.74) is 4.34. The van der Waals surface area contributed by atoms with Gasteiger partial charge in [-0.25, -0.2) is 0 Å². The van der Waals surface area contributed by atoms with Gasteiger partial charge in [0.25, 0.3) is 5.91 Å². The Balaban J connectivity index is 1.78. The molecule has 1 aliphatic heterocycles. The molecule has 0 spiro atoms. The molecule has 3 aromatic rings. The Labute approximate surface area is 146 Å². The second kappa shape index (κ2) is 6.25. The number of carbonyl (C=O) groups is 1. The Morgan fingerprint density at radius 1 is 1.08 bits per heavy atom. The number of amides is 1. The molecule has 1 aliphatic rings. The molecule has 24 heavy (non-hydrogen) atoms. The maximum Gasteiger partial charge on any atom is 0.254 e. The highest BCUT2D eigenvalue weighted by atomic mass is 32.1. The molecule has 2 aromatic carbocycles. The molecular formula is C21H19NOS. The molecule has 0 aliphatic carbocycles. The predicted molar refractivity (Wildman–Crippen MR) is 98.5 cm³/mol. The molecule has 1 amide bonds. The molecule has 0 bridgehead atoms. The minimum atomic E-state index is 0.00853. The lowest BCUT2D eigenvalue weighted by Crippen LogP contribution is -2.40. The lowest BCUT2D eigenvalue weighted by atomic mass is 9.92. The van der Waals surface area contributed by atoms with E-state index in [1.54, 1.807) is 11.3 Å². The van der Waals surface area contributed by atoms with Gasteiger partial charge in [-0.15, -0.1) is 11.3 Å². The van der Waals surface area contributed by atoms with E-state index in [1.165, 1.54) is 16.0 Å². The fourth-order valence-electron chi connectivity index (χ4n) is 3.47. The molecule has 1 atom stereocenters. The Kier molecular flexibility index (Phi) is 3.95. The minimum Gasteiger partial charge on any atom is -0.327 e. The van der Waals surface area contributed by atoms with Gasteiger partial charge in [0, 0.05) is 17.0 Å². The smallest absolute Gasteiger partial charge is 0.254 e. The molecule has 0 unspecified atom stereocenters. The molecule has 0 saturated carbocycles. The lowest BCUT2D eigenvalue weighted by molar-refractivity contribution is 0.0696. The van der Waals surface area contributed by atoms with Gasteiger partial charge >= 0.3 is 0 Å². The van der Waals surface area contributed by atoms with Crippen LogP contribution in [0, 0.1) is 6.92 Å². The Morgan fingerprint density at radius 3 is 2.71 bits per heavy atom. The standard InChI is InChI=1S/C21H19NOS/c1-15-6-5-9-17(14-15)21(23)22-12-10-19-18(11-13-24-19)20(22)16-7-3-2-4-8-16/h2-9,11,13-14,20H,10,12H2,1H3/t20-/m1/s1. The molecular weight excluding hydrogens is 314 g/mol. The third-order valence-electron chi connectivity index (χ3n) is 4.61. The zero-order valence-electron chi connectivity index (χ0n) is 13.6. The SMILES string of the molecule is Cc1cccc(C(=O)N2CCc3sccc3[C@H]2c2ccccc2)c1. The fraction of sp³-hybridized carbons (Fsp3) is 0.190. The summed E-state index contributed by atoms with van der Waals surface area (Å²) in [6.45, 7) is 2.79. The van der Waals surface area contributed by atoms with Crippen molar-refractivity contribution < 1.29 is 4.79 Å². The van der Waals surface area contributed by atoms with E-state index in [9.17, 15) is 4.79 Å². The number of carbonyl (C=O) groups excluding carboxylic acids is 1. The lowest BCUT2D eigenvalue weighted by Gasteiger charge is -2.36. The quantitative estimate of drug-likeness (QED) is 0.657. The van der Waals surface area contributed by atoms with Crippen LogP contribution in [-0.2, 0) is 6.42 Å². The van der Waals surface area contributed by atoms with Gasteiger partial charge in [-0.1, -0.05) is 48.0 Å². The maximum atomic E-state index is 13.2. The van der Waals surface area contributed by atoms with Crippen LogP contribution in [0.15, 0.2) is 66.0 Å². The Morgan fingerprint density at radius 2 is 1.92 bits per heavy atom. The molecule has 2 heterocycles. The van der Waals surface area contributed by atoms with Gasteiger partial charge in [0.15, 0.2) is 0 Å². The van der Waals surface area contributed by atoms with Gasteiger partial charge in [-0.3, -0.25) is 4.79 Å². The monoisotopic (exact) mass is 333 g/mol. The van der Waals surface area contributed by atoms with Crippen molar-refractivity contribution in [3.63, 3.8) is 0 Å². The van der Waals surface area contributed by atoms with E-state index in [2.05, 4.69) is 23.6 Å². The highest BCUT2D eigenvalue weighted by Gasteiger charge is 2.33. The number of nitrogens with zero attached hydrogens (tertiary/aromatic N) is 1. The van der Waals surface area contributed by atoms with Crippen molar-refractivity contribution in [2.24, 2.45) is 0 Å². The van der Waals surface area contributed by atoms with E-state index < -0.39 is 0 Å². The van der Waals surface area contributed by atoms with Crippen molar-refractivity contribution in [3.05, 3.63) is 93.2 Å². The normalized spacial score (nSPS) is 16.7. The molecule has 3 heteroatoms. The first-order valence-electron chi connectivity index (χ1n) is 8.23. The van der Waals surface area contributed by atoms with Crippen LogP contribution in [0.25, 0.3) is 0 Å². The van der Waals surface area contributed by atoms with E-state index in [1.807, 2.05) is 54.3 Å². The first-order valence-corrected chi connectivity index (χ1v) is 9.11. The molecule has 0 N–H and O–H groups in total. The van der Waals surface area contributed by atoms with Gasteiger partial charge in [0.05, 0.1) is 6.04 Å². The van der Waals surface area contributed by atoms with Crippen LogP contribution in [0.5, 0.6) is 0 Å². The maximum absolute atomic E-state index is 13.2. The predicted octanol–water partition coefficient (Wildman–Crippen LogP) is 4.84. The van der Waals surface area contributed by atoms with Gasteiger partial charge in [0.1, 0.15) is 0 Å². The van der Waals surface area contributed by atoms with Crippen LogP contribution in [0.2, 0.25) is 0 Å². The van der Waals surface area contributed by atoms with Crippen LogP contribution in [0.1, 0.15) is 38.0 Å². The van der Waals surface area contributed by atoms with Crippen molar-refractivity contribution in [1.82, 2.24) is 4.90 Å². The second-order valence-corrected chi connectivity index (χ2v) is 7.23. The van der Waals surface area contributed by atoms with Crippen molar-refractivity contribution in [1.29, 1.82) is 0 Å². The molecule has 4 rings (SSSR count). The summed E-state index contributed by atoms with van der Waals surface area (Å²) < 4.78 is 0. The average Bonchev–Trinajstić information content (AvgIpc) is 3.09. The molecule has 0 fully saturated rings. The van der Waals surface area contributed by atoms with Crippen molar-refractivity contribution in [2.45, 2.75) is 19.4 Å². The Bertz CT molecular complexity index is 868. The van der Waals surface area contributed by atoms with Gasteiger partial charge in [-0.2, -0.15) is 0 Å². The van der Waals surface area contributed by atoms with Gasteiger partial charge < -0.3 is 4.90 Å². The summed E-state index contributed by atoms with van der Waals surface area (Å²) in [7, 11) is 0. The third kappa shape index (κ3) is 2.65. The van der Waals surface area contributed by atoms with Gasteiger partial charge in [0.2, 0.25) is 0 Å². The Hall–Kier alpha value is -2.39. The van der Waals surface area contributed by atoms with E-state index >= 15 is 0 Å². The number of fused-ring (bicyclic) bond motifs is 1. The van der Waals surface area contributed by atoms with E-state index in [0.717, 1.165) is 24.1 Å². The van der Waals surface area contributed by atoms with Gasteiger partial charge in [-0.05, 0) is 48.1 Å². The first-order chi connectivity index (χ1) is 11.7. The van der Waals surface area contributed by atoms with E-state index in [-0.39, 0.29) is 11.9 Å². The summed E-state index contributed by atoms with van der Waals surface area (Å²) >= 11 is 1.80. The van der Waals surface area contributed by atoms with E-state index in [4.69, 9.17) is 0 Å². The molecule has 0 radical (unpaired) electrons. The number of aryl methyl sites for hydroxylation is 1. The van der Waals surface area contributed by atoms with Crippen LogP contribution < -0.4 is 0 Å².